The van der Waals surface area contributed by atoms with Crippen molar-refractivity contribution in [2.24, 2.45) is 11.5 Å². The van der Waals surface area contributed by atoms with Crippen molar-refractivity contribution in [1.29, 1.82) is 0 Å². The molecule has 0 spiro atoms. The van der Waals surface area contributed by atoms with Crippen LogP contribution in [0.4, 0.5) is 9.59 Å². The Labute approximate surface area is 119 Å². The average molecular weight is 307 g/mol. The summed E-state index contributed by atoms with van der Waals surface area (Å²) in [6.07, 6.45) is -3.87. The van der Waals surface area contributed by atoms with E-state index in [9.17, 15) is 9.59 Å². The summed E-state index contributed by atoms with van der Waals surface area (Å²) >= 11 is 11.8. The highest BCUT2D eigenvalue weighted by atomic mass is 35.5. The van der Waals surface area contributed by atoms with Gasteiger partial charge in [0.15, 0.2) is 6.10 Å². The van der Waals surface area contributed by atoms with Crippen molar-refractivity contribution in [3.8, 4) is 0 Å². The van der Waals surface area contributed by atoms with Crippen LogP contribution in [0.25, 0.3) is 0 Å². The fourth-order valence-electron chi connectivity index (χ4n) is 1.51. The van der Waals surface area contributed by atoms with Gasteiger partial charge in [-0.1, -0.05) is 29.3 Å². The first-order valence-electron chi connectivity index (χ1n) is 5.18. The lowest BCUT2D eigenvalue weighted by Gasteiger charge is -2.23. The van der Waals surface area contributed by atoms with Crippen molar-refractivity contribution in [2.75, 3.05) is 0 Å². The van der Waals surface area contributed by atoms with Crippen LogP contribution < -0.4 is 11.5 Å². The van der Waals surface area contributed by atoms with Gasteiger partial charge in [-0.25, -0.2) is 9.59 Å². The predicted octanol–water partition coefficient (Wildman–Crippen LogP) is 2.61. The van der Waals surface area contributed by atoms with Gasteiger partial charge < -0.3 is 20.9 Å². The summed E-state index contributed by atoms with van der Waals surface area (Å²) in [7, 11) is 0. The van der Waals surface area contributed by atoms with Gasteiger partial charge in [0, 0.05) is 15.6 Å². The lowest BCUT2D eigenvalue weighted by Crippen LogP contribution is -2.30. The highest BCUT2D eigenvalue weighted by Gasteiger charge is 2.27. The number of carbonyl (C=O) groups excluding carboxylic acids is 2. The summed E-state index contributed by atoms with van der Waals surface area (Å²) in [5, 5.41) is 0.661. The number of carbonyl (C=O) groups is 2. The minimum Gasteiger partial charge on any atom is -0.442 e. The minimum atomic E-state index is -1.03. The predicted molar refractivity (Wildman–Crippen MR) is 70.0 cm³/mol. The molecule has 0 bridgehead atoms. The van der Waals surface area contributed by atoms with Gasteiger partial charge >= 0.3 is 12.2 Å². The van der Waals surface area contributed by atoms with Gasteiger partial charge in [-0.3, -0.25) is 0 Å². The van der Waals surface area contributed by atoms with Crippen molar-refractivity contribution in [1.82, 2.24) is 0 Å². The highest BCUT2D eigenvalue weighted by molar-refractivity contribution is 6.35. The molecular weight excluding hydrogens is 295 g/mol. The molecule has 0 heterocycles. The van der Waals surface area contributed by atoms with Crippen LogP contribution in [-0.4, -0.2) is 18.3 Å². The van der Waals surface area contributed by atoms with Crippen LogP contribution in [0.1, 0.15) is 18.6 Å². The summed E-state index contributed by atoms with van der Waals surface area (Å²) in [6, 6.07) is 4.56. The third kappa shape index (κ3) is 4.50. The number of hydrogen-bond acceptors (Lipinski definition) is 4. The van der Waals surface area contributed by atoms with E-state index >= 15 is 0 Å². The first-order chi connectivity index (χ1) is 8.81. The lowest BCUT2D eigenvalue weighted by atomic mass is 10.1. The molecule has 1 aromatic carbocycles. The molecule has 4 N–H and O–H groups in total. The quantitative estimate of drug-likeness (QED) is 0.892. The monoisotopic (exact) mass is 306 g/mol. The summed E-state index contributed by atoms with van der Waals surface area (Å²) in [4.78, 5) is 21.7. The maximum absolute atomic E-state index is 10.9. The van der Waals surface area contributed by atoms with E-state index in [1.54, 1.807) is 12.1 Å². The van der Waals surface area contributed by atoms with Crippen LogP contribution in [0.3, 0.4) is 0 Å². The molecule has 0 fully saturated rings. The van der Waals surface area contributed by atoms with E-state index in [0.717, 1.165) is 0 Å². The molecule has 0 aliphatic rings. The lowest BCUT2D eigenvalue weighted by molar-refractivity contribution is 0.00419. The first-order valence-corrected chi connectivity index (χ1v) is 5.94. The van der Waals surface area contributed by atoms with Crippen molar-refractivity contribution in [2.45, 2.75) is 19.1 Å². The topological polar surface area (TPSA) is 105 Å². The zero-order valence-corrected chi connectivity index (χ0v) is 11.4. The number of benzene rings is 1. The molecule has 0 radical (unpaired) electrons. The van der Waals surface area contributed by atoms with E-state index in [-0.39, 0.29) is 5.02 Å². The van der Waals surface area contributed by atoms with Crippen molar-refractivity contribution < 1.29 is 19.1 Å². The van der Waals surface area contributed by atoms with Crippen molar-refractivity contribution >= 4 is 35.4 Å². The van der Waals surface area contributed by atoms with Gasteiger partial charge in [0.1, 0.15) is 6.10 Å². The molecule has 0 aromatic heterocycles. The van der Waals surface area contributed by atoms with E-state index in [2.05, 4.69) is 0 Å². The molecule has 104 valence electrons. The van der Waals surface area contributed by atoms with Gasteiger partial charge in [0.25, 0.3) is 0 Å². The molecule has 0 saturated heterocycles. The molecule has 8 heteroatoms. The number of hydrogen-bond donors (Lipinski definition) is 2. The Morgan fingerprint density at radius 1 is 1.16 bits per heavy atom. The molecular formula is C11H12Cl2N2O4. The molecule has 2 atom stereocenters. The molecule has 0 aliphatic heterocycles. The molecule has 0 saturated carbocycles. The third-order valence-electron chi connectivity index (χ3n) is 2.24. The number of ether oxygens (including phenoxy) is 2. The second kappa shape index (κ2) is 6.49. The van der Waals surface area contributed by atoms with Gasteiger partial charge in [-0.05, 0) is 19.1 Å². The van der Waals surface area contributed by atoms with Crippen LogP contribution in [-0.2, 0) is 9.47 Å². The van der Waals surface area contributed by atoms with Gasteiger partial charge in [-0.2, -0.15) is 0 Å². The summed E-state index contributed by atoms with van der Waals surface area (Å²) in [6.45, 7) is 1.49. The SMILES string of the molecule is C[C@H](OC(N)=O)[C@@H](OC(N)=O)c1ccc(Cl)cc1Cl. The number of nitrogens with two attached hydrogens (primary N) is 2. The first kappa shape index (κ1) is 15.4. The third-order valence-corrected chi connectivity index (χ3v) is 2.80. The highest BCUT2D eigenvalue weighted by Crippen LogP contribution is 2.31. The normalized spacial score (nSPS) is 13.4. The van der Waals surface area contributed by atoms with Crippen LogP contribution in [0.2, 0.25) is 10.0 Å². The van der Waals surface area contributed by atoms with Crippen LogP contribution in [0.5, 0.6) is 0 Å². The number of primary amides is 2. The molecule has 0 aliphatic carbocycles. The van der Waals surface area contributed by atoms with E-state index < -0.39 is 24.4 Å². The molecule has 6 nitrogen and oxygen atoms in total. The standard InChI is InChI=1S/C11H12Cl2N2O4/c1-5(18-10(14)16)9(19-11(15)17)7-3-2-6(12)4-8(7)13/h2-5,9H,1H3,(H2,14,16)(H2,15,17)/t5-,9+/m0/s1. The van der Waals surface area contributed by atoms with Gasteiger partial charge in [0.2, 0.25) is 0 Å². The fraction of sp³-hybridized carbons (Fsp3) is 0.273. The van der Waals surface area contributed by atoms with Gasteiger partial charge in [-0.15, -0.1) is 0 Å². The van der Waals surface area contributed by atoms with Gasteiger partial charge in [0.05, 0.1) is 0 Å². The molecule has 0 unspecified atom stereocenters. The maximum atomic E-state index is 10.9. The van der Waals surface area contributed by atoms with Crippen LogP contribution >= 0.6 is 23.2 Å². The number of rotatable bonds is 4. The van der Waals surface area contributed by atoms with Crippen LogP contribution in [0, 0.1) is 0 Å². The largest absolute Gasteiger partial charge is 0.442 e. The molecule has 1 rings (SSSR count). The van der Waals surface area contributed by atoms with Crippen molar-refractivity contribution in [3.63, 3.8) is 0 Å². The Morgan fingerprint density at radius 2 is 1.74 bits per heavy atom. The minimum absolute atomic E-state index is 0.249. The zero-order valence-electron chi connectivity index (χ0n) is 9.93. The Kier molecular flexibility index (Phi) is 5.26. The van der Waals surface area contributed by atoms with E-state index in [1.165, 1.54) is 13.0 Å². The molecule has 2 amide bonds. The Morgan fingerprint density at radius 3 is 2.21 bits per heavy atom. The van der Waals surface area contributed by atoms with Crippen LogP contribution in [0.15, 0.2) is 18.2 Å². The van der Waals surface area contributed by atoms with E-state index in [1.807, 2.05) is 0 Å². The second-order valence-electron chi connectivity index (χ2n) is 3.67. The Bertz CT molecular complexity index is 496. The summed E-state index contributed by atoms with van der Waals surface area (Å²) in [5.74, 6) is 0. The average Bonchev–Trinajstić information content (AvgIpc) is 2.25. The van der Waals surface area contributed by atoms with E-state index in [4.69, 9.17) is 44.1 Å². The number of halogens is 2. The summed E-state index contributed by atoms with van der Waals surface area (Å²) < 4.78 is 9.67. The maximum Gasteiger partial charge on any atom is 0.405 e. The Hall–Kier alpha value is -1.66. The zero-order chi connectivity index (χ0) is 14.6. The number of amides is 2. The molecule has 1 aromatic rings. The van der Waals surface area contributed by atoms with E-state index in [0.29, 0.717) is 10.6 Å². The summed E-state index contributed by atoms with van der Waals surface area (Å²) in [5.41, 5.74) is 10.3. The Balaban J connectivity index is 3.08. The van der Waals surface area contributed by atoms with Crippen molar-refractivity contribution in [3.05, 3.63) is 33.8 Å². The molecule has 19 heavy (non-hydrogen) atoms. The smallest absolute Gasteiger partial charge is 0.405 e. The fourth-order valence-corrected chi connectivity index (χ4v) is 2.03. The second-order valence-corrected chi connectivity index (χ2v) is 4.51.